The molecule has 0 aliphatic rings. The summed E-state index contributed by atoms with van der Waals surface area (Å²) >= 11 is 0. The minimum absolute atomic E-state index is 0.282. The molecule has 1 aromatic rings. The largest absolute Gasteiger partial charge is 0.463 e. The maximum Gasteiger partial charge on any atom is 0.463 e. The van der Waals surface area contributed by atoms with Crippen molar-refractivity contribution in [1.29, 1.82) is 0 Å². The fourth-order valence-corrected chi connectivity index (χ4v) is 1.18. The fourth-order valence-electron chi connectivity index (χ4n) is 1.18. The van der Waals surface area contributed by atoms with Gasteiger partial charge in [0.1, 0.15) is 12.4 Å². The lowest BCUT2D eigenvalue weighted by molar-refractivity contribution is -0.696. The monoisotopic (exact) mass is 183 g/mol. The lowest BCUT2D eigenvalue weighted by Crippen LogP contribution is -2.33. The van der Waals surface area contributed by atoms with Gasteiger partial charge >= 0.3 is 12.0 Å². The summed E-state index contributed by atoms with van der Waals surface area (Å²) in [5, 5.41) is 0. The zero-order chi connectivity index (χ0) is 9.84. The Balaban J connectivity index is 2.97. The highest BCUT2D eigenvalue weighted by molar-refractivity contribution is 5.68. The van der Waals surface area contributed by atoms with E-state index in [0.717, 1.165) is 13.1 Å². The molecule has 0 radical (unpaired) electrons. The first-order valence-corrected chi connectivity index (χ1v) is 4.46. The Morgan fingerprint density at radius 2 is 2.31 bits per heavy atom. The number of imidazole rings is 1. The lowest BCUT2D eigenvalue weighted by Gasteiger charge is -1.99. The predicted octanol–water partition coefficient (Wildman–Crippen LogP) is 0.741. The molecule has 0 N–H and O–H groups in total. The smallest absolute Gasteiger partial charge is 0.357 e. The van der Waals surface area contributed by atoms with Crippen molar-refractivity contribution in [3.05, 3.63) is 12.4 Å². The zero-order valence-electron chi connectivity index (χ0n) is 8.28. The average molecular weight is 183 g/mol. The summed E-state index contributed by atoms with van der Waals surface area (Å²) < 4.78 is 8.87. The number of ether oxygens (including phenoxy) is 1. The third-order valence-corrected chi connectivity index (χ3v) is 1.83. The lowest BCUT2D eigenvalue weighted by atomic mass is 10.7. The van der Waals surface area contributed by atoms with Crippen LogP contribution in [0.25, 0.3) is 0 Å². The Kier molecular flexibility index (Phi) is 3.06. The maximum atomic E-state index is 10.8. The van der Waals surface area contributed by atoms with E-state index in [1.54, 1.807) is 0 Å². The van der Waals surface area contributed by atoms with E-state index < -0.39 is 0 Å². The van der Waals surface area contributed by atoms with Crippen LogP contribution in [0.2, 0.25) is 0 Å². The molecule has 1 rings (SSSR count). The Hall–Kier alpha value is -1.32. The normalized spacial score (nSPS) is 10.1. The second kappa shape index (κ2) is 4.07. The van der Waals surface area contributed by atoms with Gasteiger partial charge in [0.2, 0.25) is 0 Å². The van der Waals surface area contributed by atoms with E-state index in [1.165, 1.54) is 6.92 Å². The van der Waals surface area contributed by atoms with Gasteiger partial charge in [-0.05, 0) is 13.8 Å². The molecule has 13 heavy (non-hydrogen) atoms. The molecular formula is C9H15N2O2+. The van der Waals surface area contributed by atoms with E-state index in [1.807, 2.05) is 35.4 Å². The number of carbonyl (C=O) groups is 1. The molecule has 0 aliphatic carbocycles. The second-order valence-electron chi connectivity index (χ2n) is 2.75. The van der Waals surface area contributed by atoms with Crippen LogP contribution >= 0.6 is 0 Å². The molecular weight excluding hydrogens is 168 g/mol. The van der Waals surface area contributed by atoms with E-state index in [-0.39, 0.29) is 5.97 Å². The number of nitrogens with zero attached hydrogens (tertiary/aromatic N) is 2. The van der Waals surface area contributed by atoms with Gasteiger partial charge in [0.15, 0.2) is 0 Å². The standard InChI is InChI=1S/C9H15N2O2/c1-4-10-6-7-11(5-2)9(10)13-8(3)12/h6-7H,4-5H2,1-3H3/q+1. The van der Waals surface area contributed by atoms with Gasteiger partial charge in [0, 0.05) is 6.92 Å². The van der Waals surface area contributed by atoms with E-state index >= 15 is 0 Å². The Labute approximate surface area is 77.7 Å². The Morgan fingerprint density at radius 3 is 2.77 bits per heavy atom. The quantitative estimate of drug-likeness (QED) is 0.512. The van der Waals surface area contributed by atoms with Crippen LogP contribution in [0, 0.1) is 0 Å². The topological polar surface area (TPSA) is 35.1 Å². The second-order valence-corrected chi connectivity index (χ2v) is 2.75. The van der Waals surface area contributed by atoms with Gasteiger partial charge in [-0.3, -0.25) is 4.79 Å². The average Bonchev–Trinajstić information content (AvgIpc) is 2.46. The number of aromatic nitrogens is 2. The van der Waals surface area contributed by atoms with Crippen molar-refractivity contribution in [1.82, 2.24) is 4.57 Å². The maximum absolute atomic E-state index is 10.8. The molecule has 72 valence electrons. The molecule has 0 spiro atoms. The van der Waals surface area contributed by atoms with Gasteiger partial charge in [0.05, 0.1) is 13.1 Å². The zero-order valence-corrected chi connectivity index (χ0v) is 8.28. The molecule has 0 aromatic carbocycles. The number of carbonyl (C=O) groups excluding carboxylic acids is 1. The summed E-state index contributed by atoms with van der Waals surface area (Å²) in [5.74, 6) is -0.282. The third-order valence-electron chi connectivity index (χ3n) is 1.83. The van der Waals surface area contributed by atoms with E-state index in [9.17, 15) is 4.79 Å². The molecule has 0 unspecified atom stereocenters. The SMILES string of the molecule is CCn1cc[n+](CC)c1OC(C)=O. The predicted molar refractivity (Wildman–Crippen MR) is 47.3 cm³/mol. The number of hydrogen-bond acceptors (Lipinski definition) is 2. The summed E-state index contributed by atoms with van der Waals surface area (Å²) in [5.41, 5.74) is 0. The minimum Gasteiger partial charge on any atom is -0.357 e. The third kappa shape index (κ3) is 2.08. The highest BCUT2D eigenvalue weighted by Gasteiger charge is 2.18. The molecule has 4 nitrogen and oxygen atoms in total. The van der Waals surface area contributed by atoms with Crippen LogP contribution in [0.4, 0.5) is 0 Å². The van der Waals surface area contributed by atoms with Crippen molar-refractivity contribution in [3.8, 4) is 6.01 Å². The van der Waals surface area contributed by atoms with Crippen LogP contribution in [0.1, 0.15) is 20.8 Å². The van der Waals surface area contributed by atoms with Gasteiger partial charge in [0.25, 0.3) is 0 Å². The van der Waals surface area contributed by atoms with Gasteiger partial charge in [-0.25, -0.2) is 0 Å². The first kappa shape index (κ1) is 9.77. The molecule has 0 bridgehead atoms. The summed E-state index contributed by atoms with van der Waals surface area (Å²) in [6, 6.07) is 0.609. The van der Waals surface area contributed by atoms with Crippen LogP contribution in [0.3, 0.4) is 0 Å². The Bertz CT molecular complexity index is 283. The van der Waals surface area contributed by atoms with Crippen molar-refractivity contribution >= 4 is 5.97 Å². The minimum atomic E-state index is -0.282. The van der Waals surface area contributed by atoms with Crippen molar-refractivity contribution in [2.75, 3.05) is 0 Å². The molecule has 1 aromatic heterocycles. The molecule has 4 heteroatoms. The number of hydrogen-bond donors (Lipinski definition) is 0. The van der Waals surface area contributed by atoms with Crippen LogP contribution in [0.15, 0.2) is 12.4 Å². The number of aryl methyl sites for hydroxylation is 2. The molecule has 0 saturated heterocycles. The van der Waals surface area contributed by atoms with Crippen molar-refractivity contribution in [2.45, 2.75) is 33.9 Å². The van der Waals surface area contributed by atoms with Crippen molar-refractivity contribution in [3.63, 3.8) is 0 Å². The highest BCUT2D eigenvalue weighted by atomic mass is 16.6. The molecule has 0 atom stereocenters. The van der Waals surface area contributed by atoms with Gasteiger partial charge in [-0.2, -0.15) is 9.13 Å². The molecule has 0 fully saturated rings. The van der Waals surface area contributed by atoms with Gasteiger partial charge < -0.3 is 4.74 Å². The van der Waals surface area contributed by atoms with Crippen LogP contribution in [-0.2, 0) is 17.9 Å². The van der Waals surface area contributed by atoms with E-state index in [0.29, 0.717) is 6.01 Å². The van der Waals surface area contributed by atoms with Crippen molar-refractivity contribution in [2.24, 2.45) is 0 Å². The summed E-state index contributed by atoms with van der Waals surface area (Å²) in [6.07, 6.45) is 3.81. The first-order chi connectivity index (χ1) is 6.19. The van der Waals surface area contributed by atoms with E-state index in [2.05, 4.69) is 0 Å². The molecule has 0 amide bonds. The molecule has 0 aliphatic heterocycles. The van der Waals surface area contributed by atoms with Gasteiger partial charge in [-0.1, -0.05) is 0 Å². The number of esters is 1. The summed E-state index contributed by atoms with van der Waals surface area (Å²) in [4.78, 5) is 10.8. The van der Waals surface area contributed by atoms with Gasteiger partial charge in [-0.15, -0.1) is 0 Å². The van der Waals surface area contributed by atoms with Crippen LogP contribution in [-0.4, -0.2) is 10.5 Å². The number of rotatable bonds is 3. The van der Waals surface area contributed by atoms with Crippen LogP contribution < -0.4 is 9.30 Å². The Morgan fingerprint density at radius 1 is 1.62 bits per heavy atom. The first-order valence-electron chi connectivity index (χ1n) is 4.46. The molecule has 1 heterocycles. The van der Waals surface area contributed by atoms with Crippen LogP contribution in [0.5, 0.6) is 6.01 Å². The molecule has 0 saturated carbocycles. The van der Waals surface area contributed by atoms with E-state index in [4.69, 9.17) is 4.74 Å². The summed E-state index contributed by atoms with van der Waals surface area (Å²) in [6.45, 7) is 7.03. The van der Waals surface area contributed by atoms with Crippen molar-refractivity contribution < 1.29 is 14.1 Å². The summed E-state index contributed by atoms with van der Waals surface area (Å²) in [7, 11) is 0. The fraction of sp³-hybridized carbons (Fsp3) is 0.556. The highest BCUT2D eigenvalue weighted by Crippen LogP contribution is 2.05.